The van der Waals surface area contributed by atoms with E-state index >= 15 is 0 Å². The molecular formula is C17H21ClN4O6S. The van der Waals surface area contributed by atoms with Crippen molar-refractivity contribution in [3.05, 3.63) is 17.2 Å². The fourth-order valence-electron chi connectivity index (χ4n) is 3.21. The number of sulfonamides is 1. The monoisotopic (exact) mass is 444 g/mol. The lowest BCUT2D eigenvalue weighted by Crippen LogP contribution is -2.54. The third kappa shape index (κ3) is 4.46. The van der Waals surface area contributed by atoms with Gasteiger partial charge in [-0.2, -0.15) is 4.31 Å². The van der Waals surface area contributed by atoms with Gasteiger partial charge < -0.3 is 20.3 Å². The number of carbonyl (C=O) groups excluding carboxylic acids is 3. The lowest BCUT2D eigenvalue weighted by Gasteiger charge is -2.35. The molecule has 1 saturated heterocycles. The lowest BCUT2D eigenvalue weighted by molar-refractivity contribution is -0.136. The van der Waals surface area contributed by atoms with Crippen molar-refractivity contribution in [3.8, 4) is 5.75 Å². The first kappa shape index (κ1) is 21.3. The number of rotatable bonds is 4. The van der Waals surface area contributed by atoms with Gasteiger partial charge in [0.1, 0.15) is 16.7 Å². The predicted molar refractivity (Wildman–Crippen MR) is 104 cm³/mol. The van der Waals surface area contributed by atoms with Crippen LogP contribution in [0.1, 0.15) is 13.8 Å². The van der Waals surface area contributed by atoms with Crippen LogP contribution in [-0.2, 0) is 24.4 Å². The third-order valence-electron chi connectivity index (χ3n) is 4.63. The predicted octanol–water partition coefficient (Wildman–Crippen LogP) is 0.0284. The Balaban J connectivity index is 1.73. The van der Waals surface area contributed by atoms with Gasteiger partial charge in [-0.3, -0.25) is 14.4 Å². The Kier molecular flexibility index (Phi) is 6.01. The summed E-state index contributed by atoms with van der Waals surface area (Å²) in [4.78, 5) is 36.3. The molecule has 1 unspecified atom stereocenters. The van der Waals surface area contributed by atoms with Crippen LogP contribution in [0.25, 0.3) is 0 Å². The normalized spacial score (nSPS) is 18.3. The molecular weight excluding hydrogens is 424 g/mol. The minimum Gasteiger partial charge on any atom is -0.482 e. The number of benzene rings is 1. The molecule has 0 bridgehead atoms. The van der Waals surface area contributed by atoms with Gasteiger partial charge in [-0.1, -0.05) is 11.6 Å². The van der Waals surface area contributed by atoms with Gasteiger partial charge in [0.15, 0.2) is 6.61 Å². The Hall–Kier alpha value is -2.37. The number of fused-ring (bicyclic) bond motifs is 1. The number of hydrogen-bond acceptors (Lipinski definition) is 6. The number of nitrogens with one attached hydrogen (secondary N) is 2. The van der Waals surface area contributed by atoms with E-state index in [9.17, 15) is 22.8 Å². The van der Waals surface area contributed by atoms with Gasteiger partial charge >= 0.3 is 0 Å². The van der Waals surface area contributed by atoms with Crippen LogP contribution in [0.2, 0.25) is 5.02 Å². The maximum absolute atomic E-state index is 13.1. The molecule has 0 radical (unpaired) electrons. The number of anilines is 1. The summed E-state index contributed by atoms with van der Waals surface area (Å²) in [6.07, 6.45) is 0. The SMILES string of the molecule is CC(=O)NC(C)C(=O)N1CCN(S(=O)(=O)c2cc3c(cc2Cl)NC(=O)CO3)CC1. The van der Waals surface area contributed by atoms with Crippen molar-refractivity contribution in [1.82, 2.24) is 14.5 Å². The fourth-order valence-corrected chi connectivity index (χ4v) is 5.15. The van der Waals surface area contributed by atoms with Gasteiger partial charge in [0.2, 0.25) is 21.8 Å². The van der Waals surface area contributed by atoms with E-state index in [2.05, 4.69) is 10.6 Å². The van der Waals surface area contributed by atoms with E-state index < -0.39 is 16.1 Å². The van der Waals surface area contributed by atoms with Crippen molar-refractivity contribution in [2.75, 3.05) is 38.1 Å². The van der Waals surface area contributed by atoms with Crippen LogP contribution in [0.3, 0.4) is 0 Å². The molecule has 3 amide bonds. The Bertz CT molecular complexity index is 959. The van der Waals surface area contributed by atoms with Crippen molar-refractivity contribution in [1.29, 1.82) is 0 Å². The minimum absolute atomic E-state index is 0.0349. The number of halogens is 1. The van der Waals surface area contributed by atoms with Gasteiger partial charge in [0.05, 0.1) is 10.7 Å². The van der Waals surface area contributed by atoms with Crippen molar-refractivity contribution in [2.24, 2.45) is 0 Å². The number of ether oxygens (including phenoxy) is 1. The standard InChI is InChI=1S/C17H21ClN4O6S/c1-10(19-11(2)23)17(25)21-3-5-22(6-4-21)29(26,27)15-8-14-13(7-12(15)18)20-16(24)9-28-14/h7-8,10H,3-6,9H2,1-2H3,(H,19,23)(H,20,24). The molecule has 1 aromatic carbocycles. The van der Waals surface area contributed by atoms with E-state index in [1.54, 1.807) is 6.92 Å². The molecule has 1 atom stereocenters. The molecule has 2 heterocycles. The third-order valence-corrected chi connectivity index (χ3v) is 6.99. The number of carbonyl (C=O) groups is 3. The smallest absolute Gasteiger partial charge is 0.262 e. The second-order valence-electron chi connectivity index (χ2n) is 6.77. The molecule has 0 aromatic heterocycles. The van der Waals surface area contributed by atoms with E-state index in [1.165, 1.54) is 28.3 Å². The van der Waals surface area contributed by atoms with Crippen LogP contribution in [0, 0.1) is 0 Å². The Morgan fingerprint density at radius 2 is 1.90 bits per heavy atom. The summed E-state index contributed by atoms with van der Waals surface area (Å²) in [7, 11) is -3.93. The molecule has 1 aromatic rings. The second-order valence-corrected chi connectivity index (χ2v) is 9.08. The molecule has 0 aliphatic carbocycles. The maximum Gasteiger partial charge on any atom is 0.262 e. The summed E-state index contributed by atoms with van der Waals surface area (Å²) in [6.45, 7) is 3.26. The van der Waals surface area contributed by atoms with Gasteiger partial charge in [-0.05, 0) is 13.0 Å². The topological polar surface area (TPSA) is 125 Å². The number of hydrogen-bond donors (Lipinski definition) is 2. The summed E-state index contributed by atoms with van der Waals surface area (Å²) >= 11 is 6.16. The molecule has 158 valence electrons. The van der Waals surface area contributed by atoms with E-state index in [-0.39, 0.29) is 66.2 Å². The average Bonchev–Trinajstić information content (AvgIpc) is 2.66. The first-order valence-corrected chi connectivity index (χ1v) is 10.7. The number of amides is 3. The van der Waals surface area contributed by atoms with Crippen molar-refractivity contribution < 1.29 is 27.5 Å². The van der Waals surface area contributed by atoms with E-state index in [0.717, 1.165) is 0 Å². The van der Waals surface area contributed by atoms with Gasteiger partial charge in [-0.15, -0.1) is 0 Å². The molecule has 2 N–H and O–H groups in total. The number of piperazine rings is 1. The van der Waals surface area contributed by atoms with Crippen LogP contribution >= 0.6 is 11.6 Å². The van der Waals surface area contributed by atoms with Crippen LogP contribution < -0.4 is 15.4 Å². The van der Waals surface area contributed by atoms with E-state index in [4.69, 9.17) is 16.3 Å². The quantitative estimate of drug-likeness (QED) is 0.674. The first-order valence-electron chi connectivity index (χ1n) is 8.92. The zero-order chi connectivity index (χ0) is 21.3. The van der Waals surface area contributed by atoms with E-state index in [1.807, 2.05) is 0 Å². The van der Waals surface area contributed by atoms with Crippen LogP contribution in [-0.4, -0.2) is 74.2 Å². The van der Waals surface area contributed by atoms with Crippen molar-refractivity contribution in [2.45, 2.75) is 24.8 Å². The number of nitrogens with zero attached hydrogens (tertiary/aromatic N) is 2. The van der Waals surface area contributed by atoms with E-state index in [0.29, 0.717) is 5.69 Å². The fraction of sp³-hybridized carbons (Fsp3) is 0.471. The highest BCUT2D eigenvalue weighted by Crippen LogP contribution is 2.36. The van der Waals surface area contributed by atoms with Gasteiger partial charge in [0, 0.05) is 39.2 Å². The molecule has 3 rings (SSSR count). The molecule has 0 spiro atoms. The Morgan fingerprint density at radius 1 is 1.24 bits per heavy atom. The summed E-state index contributed by atoms with van der Waals surface area (Å²) in [5.74, 6) is -0.704. The summed E-state index contributed by atoms with van der Waals surface area (Å²) < 4.78 is 32.6. The highest BCUT2D eigenvalue weighted by atomic mass is 35.5. The average molecular weight is 445 g/mol. The molecule has 2 aliphatic heterocycles. The lowest BCUT2D eigenvalue weighted by atomic mass is 10.2. The minimum atomic E-state index is -3.93. The summed E-state index contributed by atoms with van der Waals surface area (Å²) in [5, 5.41) is 5.06. The highest BCUT2D eigenvalue weighted by molar-refractivity contribution is 7.89. The van der Waals surface area contributed by atoms with Crippen molar-refractivity contribution >= 4 is 45.0 Å². The Morgan fingerprint density at radius 3 is 2.52 bits per heavy atom. The summed E-state index contributed by atoms with van der Waals surface area (Å²) in [6, 6.07) is 1.96. The highest BCUT2D eigenvalue weighted by Gasteiger charge is 2.34. The molecule has 29 heavy (non-hydrogen) atoms. The van der Waals surface area contributed by atoms with Gasteiger partial charge in [0.25, 0.3) is 5.91 Å². The second kappa shape index (κ2) is 8.17. The van der Waals surface area contributed by atoms with Crippen LogP contribution in [0.15, 0.2) is 17.0 Å². The van der Waals surface area contributed by atoms with Crippen LogP contribution in [0.4, 0.5) is 5.69 Å². The first-order chi connectivity index (χ1) is 13.6. The zero-order valence-electron chi connectivity index (χ0n) is 15.9. The molecule has 10 nitrogen and oxygen atoms in total. The molecule has 2 aliphatic rings. The van der Waals surface area contributed by atoms with Gasteiger partial charge in [-0.25, -0.2) is 8.42 Å². The Labute approximate surface area is 173 Å². The molecule has 12 heteroatoms. The van der Waals surface area contributed by atoms with Crippen LogP contribution in [0.5, 0.6) is 5.75 Å². The summed E-state index contributed by atoms with van der Waals surface area (Å²) in [5.41, 5.74) is 0.313. The van der Waals surface area contributed by atoms with Crippen molar-refractivity contribution in [3.63, 3.8) is 0 Å². The maximum atomic E-state index is 13.1. The largest absolute Gasteiger partial charge is 0.482 e. The zero-order valence-corrected chi connectivity index (χ0v) is 17.5. The molecule has 1 fully saturated rings. The molecule has 0 saturated carbocycles.